The molecule has 1 nitrogen and oxygen atoms in total. The summed E-state index contributed by atoms with van der Waals surface area (Å²) in [6, 6.07) is 6.87. The summed E-state index contributed by atoms with van der Waals surface area (Å²) in [7, 11) is 2.18. The van der Waals surface area contributed by atoms with Gasteiger partial charge in [0.2, 0.25) is 0 Å². The molecule has 0 heterocycles. The minimum Gasteiger partial charge on any atom is -0.344 e. The van der Waals surface area contributed by atoms with E-state index in [9.17, 15) is 0 Å². The van der Waals surface area contributed by atoms with Crippen LogP contribution >= 0.6 is 0 Å². The Kier molecular flexibility index (Phi) is 4.13. The zero-order chi connectivity index (χ0) is 15.9. The third-order valence-corrected chi connectivity index (χ3v) is 4.96. The number of aryl methyl sites for hydroxylation is 4. The van der Waals surface area contributed by atoms with Crippen LogP contribution in [0.15, 0.2) is 18.2 Å². The van der Waals surface area contributed by atoms with Crippen LogP contribution < -0.4 is 4.90 Å². The summed E-state index contributed by atoms with van der Waals surface area (Å²) in [5, 5.41) is 0. The van der Waals surface area contributed by atoms with Crippen LogP contribution in [0.4, 0.5) is 11.4 Å². The maximum atomic E-state index is 2.34. The molecule has 0 saturated carbocycles. The highest BCUT2D eigenvalue weighted by molar-refractivity contribution is 5.72. The van der Waals surface area contributed by atoms with E-state index in [0.29, 0.717) is 0 Å². The van der Waals surface area contributed by atoms with Crippen LogP contribution in [0.25, 0.3) is 0 Å². The molecule has 2 aromatic carbocycles. The van der Waals surface area contributed by atoms with Gasteiger partial charge in [-0.05, 0) is 99.5 Å². The molecule has 0 aliphatic carbocycles. The molecule has 0 saturated heterocycles. The standard InChI is InChI=1S/C20H27N/c1-12-9-13(2)18(7)20(17(12)6)21(8)19-10-14(3)16(5)15(4)11-19/h9-11H,1-8H3. The van der Waals surface area contributed by atoms with Gasteiger partial charge in [0.15, 0.2) is 0 Å². The van der Waals surface area contributed by atoms with Crippen LogP contribution in [0.5, 0.6) is 0 Å². The normalized spacial score (nSPS) is 10.9. The van der Waals surface area contributed by atoms with Gasteiger partial charge in [0.05, 0.1) is 0 Å². The lowest BCUT2D eigenvalue weighted by Gasteiger charge is -2.27. The minimum absolute atomic E-state index is 1.27. The van der Waals surface area contributed by atoms with Crippen molar-refractivity contribution in [1.82, 2.24) is 0 Å². The van der Waals surface area contributed by atoms with Gasteiger partial charge in [0, 0.05) is 18.4 Å². The molecule has 0 atom stereocenters. The SMILES string of the molecule is Cc1cc(N(C)c2c(C)c(C)cc(C)c2C)cc(C)c1C. The molecule has 0 amide bonds. The molecule has 0 aliphatic rings. The molecule has 0 aromatic heterocycles. The van der Waals surface area contributed by atoms with Crippen LogP contribution in [0.3, 0.4) is 0 Å². The Morgan fingerprint density at radius 2 is 0.952 bits per heavy atom. The summed E-state index contributed by atoms with van der Waals surface area (Å²) < 4.78 is 0. The van der Waals surface area contributed by atoms with Gasteiger partial charge in [-0.2, -0.15) is 0 Å². The fraction of sp³-hybridized carbons (Fsp3) is 0.400. The van der Waals surface area contributed by atoms with E-state index in [1.54, 1.807) is 0 Å². The molecule has 2 rings (SSSR count). The first-order valence-corrected chi connectivity index (χ1v) is 7.63. The first kappa shape index (κ1) is 15.6. The molecule has 21 heavy (non-hydrogen) atoms. The van der Waals surface area contributed by atoms with Gasteiger partial charge in [0.1, 0.15) is 0 Å². The molecule has 112 valence electrons. The average molecular weight is 281 g/mol. The highest BCUT2D eigenvalue weighted by Crippen LogP contribution is 2.35. The van der Waals surface area contributed by atoms with Crippen molar-refractivity contribution in [2.75, 3.05) is 11.9 Å². The highest BCUT2D eigenvalue weighted by Gasteiger charge is 2.15. The molecule has 0 aliphatic heterocycles. The van der Waals surface area contributed by atoms with Gasteiger partial charge in [-0.1, -0.05) is 6.07 Å². The fourth-order valence-electron chi connectivity index (χ4n) is 3.03. The maximum Gasteiger partial charge on any atom is 0.0472 e. The van der Waals surface area contributed by atoms with Crippen LogP contribution in [0.1, 0.15) is 38.9 Å². The number of benzene rings is 2. The lowest BCUT2D eigenvalue weighted by Crippen LogP contribution is -2.14. The molecule has 0 unspecified atom stereocenters. The first-order valence-electron chi connectivity index (χ1n) is 7.63. The lowest BCUT2D eigenvalue weighted by atomic mass is 9.97. The van der Waals surface area contributed by atoms with Gasteiger partial charge >= 0.3 is 0 Å². The molecule has 0 bridgehead atoms. The number of anilines is 2. The maximum absolute atomic E-state index is 2.34. The predicted octanol–water partition coefficient (Wildman–Crippen LogP) is 5.61. The summed E-state index contributed by atoms with van der Waals surface area (Å²) in [6.07, 6.45) is 0. The topological polar surface area (TPSA) is 3.24 Å². The highest BCUT2D eigenvalue weighted by atomic mass is 15.1. The van der Waals surface area contributed by atoms with Crippen LogP contribution in [-0.4, -0.2) is 7.05 Å². The molecule has 2 aromatic rings. The van der Waals surface area contributed by atoms with E-state index in [1.165, 1.54) is 50.3 Å². The molecule has 1 heteroatoms. The van der Waals surface area contributed by atoms with Gasteiger partial charge in [0.25, 0.3) is 0 Å². The van der Waals surface area contributed by atoms with E-state index in [-0.39, 0.29) is 0 Å². The van der Waals surface area contributed by atoms with Crippen molar-refractivity contribution in [3.63, 3.8) is 0 Å². The van der Waals surface area contributed by atoms with Crippen molar-refractivity contribution < 1.29 is 0 Å². The van der Waals surface area contributed by atoms with E-state index in [4.69, 9.17) is 0 Å². The number of rotatable bonds is 2. The van der Waals surface area contributed by atoms with E-state index in [0.717, 1.165) is 0 Å². The van der Waals surface area contributed by atoms with Crippen LogP contribution in [-0.2, 0) is 0 Å². The second-order valence-corrected chi connectivity index (χ2v) is 6.37. The van der Waals surface area contributed by atoms with E-state index in [1.807, 2.05) is 0 Å². The fourth-order valence-corrected chi connectivity index (χ4v) is 3.03. The first-order chi connectivity index (χ1) is 9.73. The monoisotopic (exact) mass is 281 g/mol. The molecule has 0 N–H and O–H groups in total. The zero-order valence-electron chi connectivity index (χ0n) is 14.7. The number of hydrogen-bond acceptors (Lipinski definition) is 1. The lowest BCUT2D eigenvalue weighted by molar-refractivity contribution is 1.11. The predicted molar refractivity (Wildman–Crippen MR) is 94.1 cm³/mol. The minimum atomic E-state index is 1.27. The summed E-state index contributed by atoms with van der Waals surface area (Å²) in [4.78, 5) is 2.34. The Morgan fingerprint density at radius 1 is 0.571 bits per heavy atom. The second-order valence-electron chi connectivity index (χ2n) is 6.37. The summed E-state index contributed by atoms with van der Waals surface area (Å²) in [5.74, 6) is 0. The average Bonchev–Trinajstić information content (AvgIpc) is 2.42. The smallest absolute Gasteiger partial charge is 0.0472 e. The van der Waals surface area contributed by atoms with Gasteiger partial charge in [-0.3, -0.25) is 0 Å². The Labute approximate surface area is 129 Å². The third-order valence-electron chi connectivity index (χ3n) is 4.96. The molecular weight excluding hydrogens is 254 g/mol. The Bertz CT molecular complexity index is 646. The summed E-state index contributed by atoms with van der Waals surface area (Å²) in [6.45, 7) is 15.4. The second kappa shape index (κ2) is 5.55. The van der Waals surface area contributed by atoms with Crippen LogP contribution in [0.2, 0.25) is 0 Å². The molecule has 0 radical (unpaired) electrons. The van der Waals surface area contributed by atoms with Crippen molar-refractivity contribution in [1.29, 1.82) is 0 Å². The van der Waals surface area contributed by atoms with Gasteiger partial charge in [-0.25, -0.2) is 0 Å². The summed E-state index contributed by atoms with van der Waals surface area (Å²) >= 11 is 0. The zero-order valence-corrected chi connectivity index (χ0v) is 14.7. The van der Waals surface area contributed by atoms with E-state index < -0.39 is 0 Å². The molecule has 0 spiro atoms. The number of hydrogen-bond donors (Lipinski definition) is 0. The van der Waals surface area contributed by atoms with Crippen molar-refractivity contribution in [3.05, 3.63) is 57.1 Å². The number of nitrogens with zero attached hydrogens (tertiary/aromatic N) is 1. The Balaban J connectivity index is 2.63. The molecule has 0 fully saturated rings. The van der Waals surface area contributed by atoms with Crippen molar-refractivity contribution >= 4 is 11.4 Å². The van der Waals surface area contributed by atoms with Crippen LogP contribution in [0, 0.1) is 48.5 Å². The third kappa shape index (κ3) is 2.70. The van der Waals surface area contributed by atoms with Crippen molar-refractivity contribution in [2.24, 2.45) is 0 Å². The quantitative estimate of drug-likeness (QED) is 0.691. The van der Waals surface area contributed by atoms with Crippen molar-refractivity contribution in [2.45, 2.75) is 48.5 Å². The Hall–Kier alpha value is -1.76. The summed E-state index contributed by atoms with van der Waals surface area (Å²) in [5.41, 5.74) is 12.2. The van der Waals surface area contributed by atoms with Gasteiger partial charge < -0.3 is 4.90 Å². The Morgan fingerprint density at radius 3 is 1.38 bits per heavy atom. The molecular formula is C20H27N. The van der Waals surface area contributed by atoms with E-state index in [2.05, 4.69) is 78.6 Å². The van der Waals surface area contributed by atoms with E-state index >= 15 is 0 Å². The van der Waals surface area contributed by atoms with Gasteiger partial charge in [-0.15, -0.1) is 0 Å². The largest absolute Gasteiger partial charge is 0.344 e. The van der Waals surface area contributed by atoms with Crippen molar-refractivity contribution in [3.8, 4) is 0 Å².